The van der Waals surface area contributed by atoms with E-state index in [1.54, 1.807) is 11.3 Å². The van der Waals surface area contributed by atoms with Gasteiger partial charge in [0, 0.05) is 6.42 Å². The molecule has 0 bridgehead atoms. The second-order valence-corrected chi connectivity index (χ2v) is 6.68. The Labute approximate surface area is 130 Å². The average Bonchev–Trinajstić information content (AvgIpc) is 3.18. The van der Waals surface area contributed by atoms with E-state index in [9.17, 15) is 0 Å². The van der Waals surface area contributed by atoms with Gasteiger partial charge in [0.2, 0.25) is 5.89 Å². The zero-order valence-electron chi connectivity index (χ0n) is 11.9. The van der Waals surface area contributed by atoms with Gasteiger partial charge in [0.15, 0.2) is 5.82 Å². The summed E-state index contributed by atoms with van der Waals surface area (Å²) in [7, 11) is 0. The fraction of sp³-hybridized carbons (Fsp3) is 0.385. The Bertz CT molecular complexity index is 734. The van der Waals surface area contributed by atoms with E-state index in [0.29, 0.717) is 22.8 Å². The normalized spacial score (nSPS) is 12.7. The molecule has 0 spiro atoms. The van der Waals surface area contributed by atoms with Crippen molar-refractivity contribution in [2.75, 3.05) is 0 Å². The number of thioether (sulfide) groups is 1. The first-order valence-electron chi connectivity index (χ1n) is 6.54. The summed E-state index contributed by atoms with van der Waals surface area (Å²) in [4.78, 5) is 5.32. The number of aromatic nitrogens is 4. The Morgan fingerprint density at radius 1 is 1.38 bits per heavy atom. The van der Waals surface area contributed by atoms with Crippen molar-refractivity contribution in [3.05, 3.63) is 28.7 Å². The molecular weight excluding hydrogens is 308 g/mol. The van der Waals surface area contributed by atoms with Gasteiger partial charge < -0.3 is 8.94 Å². The number of hydrogen-bond donors (Lipinski definition) is 0. The van der Waals surface area contributed by atoms with E-state index in [1.807, 2.05) is 32.2 Å². The summed E-state index contributed by atoms with van der Waals surface area (Å²) in [6.07, 6.45) is 0.753. The number of aryl methyl sites for hydroxylation is 2. The molecule has 3 rings (SSSR count). The first kappa shape index (κ1) is 14.3. The van der Waals surface area contributed by atoms with Gasteiger partial charge in [0.1, 0.15) is 0 Å². The monoisotopic (exact) mass is 322 g/mol. The predicted molar refractivity (Wildman–Crippen MR) is 80.3 cm³/mol. The van der Waals surface area contributed by atoms with Crippen molar-refractivity contribution in [2.24, 2.45) is 0 Å². The molecule has 0 aromatic carbocycles. The Morgan fingerprint density at radius 3 is 2.90 bits per heavy atom. The van der Waals surface area contributed by atoms with E-state index in [2.05, 4.69) is 20.3 Å². The fourth-order valence-electron chi connectivity index (χ4n) is 1.72. The zero-order chi connectivity index (χ0) is 14.8. The molecule has 6 nitrogen and oxygen atoms in total. The predicted octanol–water partition coefficient (Wildman–Crippen LogP) is 3.91. The summed E-state index contributed by atoms with van der Waals surface area (Å²) in [5, 5.41) is 14.5. The molecule has 3 aromatic heterocycles. The highest BCUT2D eigenvalue weighted by atomic mass is 32.2. The first-order valence-corrected chi connectivity index (χ1v) is 8.30. The summed E-state index contributed by atoms with van der Waals surface area (Å²) < 4.78 is 10.9. The molecule has 0 aliphatic heterocycles. The van der Waals surface area contributed by atoms with E-state index < -0.39 is 0 Å². The summed E-state index contributed by atoms with van der Waals surface area (Å²) in [5.41, 5.74) is 1.14. The smallest absolute Gasteiger partial charge is 0.277 e. The molecule has 0 fully saturated rings. The number of rotatable bonds is 5. The van der Waals surface area contributed by atoms with Crippen molar-refractivity contribution in [2.45, 2.75) is 37.7 Å². The highest BCUT2D eigenvalue weighted by Crippen LogP contribution is 2.35. The van der Waals surface area contributed by atoms with Crippen molar-refractivity contribution < 1.29 is 8.94 Å². The van der Waals surface area contributed by atoms with Crippen molar-refractivity contribution in [1.29, 1.82) is 0 Å². The zero-order valence-corrected chi connectivity index (χ0v) is 13.5. The lowest BCUT2D eigenvalue weighted by molar-refractivity contribution is 0.374. The van der Waals surface area contributed by atoms with Crippen LogP contribution in [0.15, 0.2) is 25.6 Å². The lowest BCUT2D eigenvalue weighted by Crippen LogP contribution is -1.90. The lowest BCUT2D eigenvalue weighted by Gasteiger charge is -2.00. The highest BCUT2D eigenvalue weighted by molar-refractivity contribution is 7.99. The molecule has 8 heteroatoms. The molecule has 110 valence electrons. The van der Waals surface area contributed by atoms with Gasteiger partial charge in [0.25, 0.3) is 11.1 Å². The quantitative estimate of drug-likeness (QED) is 0.659. The maximum atomic E-state index is 5.70. The van der Waals surface area contributed by atoms with Crippen LogP contribution in [-0.4, -0.2) is 20.3 Å². The van der Waals surface area contributed by atoms with E-state index in [-0.39, 0.29) is 5.25 Å². The van der Waals surface area contributed by atoms with Crippen LogP contribution in [0.1, 0.15) is 36.4 Å². The summed E-state index contributed by atoms with van der Waals surface area (Å²) in [5.74, 6) is 1.83. The van der Waals surface area contributed by atoms with Crippen LogP contribution < -0.4 is 0 Å². The third-order valence-electron chi connectivity index (χ3n) is 2.89. The van der Waals surface area contributed by atoms with Gasteiger partial charge in [-0.25, -0.2) is 0 Å². The van der Waals surface area contributed by atoms with E-state index in [4.69, 9.17) is 8.94 Å². The molecule has 0 aliphatic rings. The second-order valence-electron chi connectivity index (χ2n) is 4.47. The molecule has 0 radical (unpaired) electrons. The van der Waals surface area contributed by atoms with Crippen LogP contribution in [0.25, 0.3) is 10.8 Å². The van der Waals surface area contributed by atoms with Crippen molar-refractivity contribution >= 4 is 23.1 Å². The molecule has 3 heterocycles. The van der Waals surface area contributed by atoms with Gasteiger partial charge in [-0.2, -0.15) is 4.98 Å². The average molecular weight is 322 g/mol. The number of nitrogens with zero attached hydrogens (tertiary/aromatic N) is 4. The van der Waals surface area contributed by atoms with Crippen LogP contribution in [0.5, 0.6) is 0 Å². The largest absolute Gasteiger partial charge is 0.410 e. The van der Waals surface area contributed by atoms with Gasteiger partial charge in [-0.3, -0.25) is 0 Å². The van der Waals surface area contributed by atoms with Gasteiger partial charge in [-0.15, -0.1) is 21.5 Å². The molecule has 0 amide bonds. The van der Waals surface area contributed by atoms with E-state index >= 15 is 0 Å². The van der Waals surface area contributed by atoms with Gasteiger partial charge in [0.05, 0.1) is 10.1 Å². The van der Waals surface area contributed by atoms with Crippen LogP contribution in [0.2, 0.25) is 0 Å². The minimum atomic E-state index is -0.0319. The minimum absolute atomic E-state index is 0.0319. The second kappa shape index (κ2) is 5.98. The van der Waals surface area contributed by atoms with Crippen molar-refractivity contribution in [3.63, 3.8) is 0 Å². The third-order valence-corrected chi connectivity index (χ3v) is 4.81. The van der Waals surface area contributed by atoms with Crippen LogP contribution in [-0.2, 0) is 6.42 Å². The topological polar surface area (TPSA) is 77.8 Å². The number of thiophene rings is 1. The Kier molecular flexibility index (Phi) is 4.07. The highest BCUT2D eigenvalue weighted by Gasteiger charge is 2.19. The molecule has 1 atom stereocenters. The molecule has 21 heavy (non-hydrogen) atoms. The molecule has 0 saturated carbocycles. The summed E-state index contributed by atoms with van der Waals surface area (Å²) in [6, 6.07) is 2.03. The third kappa shape index (κ3) is 3.01. The van der Waals surface area contributed by atoms with Gasteiger partial charge in [-0.05, 0) is 30.9 Å². The molecular formula is C13H14N4O2S2. The van der Waals surface area contributed by atoms with Crippen LogP contribution >= 0.6 is 23.1 Å². The van der Waals surface area contributed by atoms with Crippen LogP contribution in [0.4, 0.5) is 0 Å². The Balaban J connectivity index is 1.73. The van der Waals surface area contributed by atoms with E-state index in [0.717, 1.165) is 16.9 Å². The van der Waals surface area contributed by atoms with Gasteiger partial charge >= 0.3 is 0 Å². The van der Waals surface area contributed by atoms with Crippen LogP contribution in [0.3, 0.4) is 0 Å². The summed E-state index contributed by atoms with van der Waals surface area (Å²) >= 11 is 3.00. The summed E-state index contributed by atoms with van der Waals surface area (Å²) in [6.45, 7) is 5.98. The fourth-order valence-corrected chi connectivity index (χ4v) is 3.28. The Morgan fingerprint density at radius 2 is 2.24 bits per heavy atom. The van der Waals surface area contributed by atoms with Crippen LogP contribution in [0, 0.1) is 6.92 Å². The molecule has 0 N–H and O–H groups in total. The maximum absolute atomic E-state index is 5.70. The van der Waals surface area contributed by atoms with Crippen molar-refractivity contribution in [3.8, 4) is 10.8 Å². The molecule has 0 unspecified atom stereocenters. The standard InChI is InChI=1S/C13H14N4O2S2/c1-4-9-14-11(19-17-9)8(3)21-13-16-15-12(18-13)10-7(2)5-6-20-10/h5-6,8H,4H2,1-3H3/t8-/m0/s1. The Hall–Kier alpha value is -1.67. The molecule has 0 aliphatic carbocycles. The minimum Gasteiger partial charge on any atom is -0.410 e. The van der Waals surface area contributed by atoms with Gasteiger partial charge in [-0.1, -0.05) is 23.8 Å². The van der Waals surface area contributed by atoms with Crippen molar-refractivity contribution in [1.82, 2.24) is 20.3 Å². The first-order chi connectivity index (χ1) is 10.2. The number of hydrogen-bond acceptors (Lipinski definition) is 8. The maximum Gasteiger partial charge on any atom is 0.277 e. The van der Waals surface area contributed by atoms with E-state index in [1.165, 1.54) is 11.8 Å². The molecule has 3 aromatic rings. The molecule has 0 saturated heterocycles. The lowest BCUT2D eigenvalue weighted by atomic mass is 10.3. The SMILES string of the molecule is CCc1noc([C@H](C)Sc2nnc(-c3sccc3C)o2)n1.